The van der Waals surface area contributed by atoms with Crippen molar-refractivity contribution in [3.05, 3.63) is 69.7 Å². The van der Waals surface area contributed by atoms with Crippen LogP contribution in [-0.4, -0.2) is 53.2 Å². The molecule has 0 radical (unpaired) electrons. The molecule has 7 nitrogen and oxygen atoms in total. The van der Waals surface area contributed by atoms with Crippen molar-refractivity contribution >= 4 is 61.8 Å². The molecule has 2 aliphatic heterocycles. The van der Waals surface area contributed by atoms with E-state index in [1.54, 1.807) is 48.5 Å². The maximum atomic E-state index is 12.7. The van der Waals surface area contributed by atoms with Crippen LogP contribution < -0.4 is 5.43 Å². The molecular formula is C21H19Cl2N3O4S2. The molecular weight excluding hydrogens is 493 g/mol. The lowest BCUT2D eigenvalue weighted by Crippen LogP contribution is -2.50. The SMILES string of the molecule is O=C(Cc1ccccc1Cl)N=C1SC2CS(=O)(=O)CC2N1NC(=O)Cc1ccccc1Cl. The van der Waals surface area contributed by atoms with Crippen molar-refractivity contribution in [2.24, 2.45) is 4.99 Å². The molecule has 168 valence electrons. The summed E-state index contributed by atoms with van der Waals surface area (Å²) in [5.74, 6) is -0.963. The summed E-state index contributed by atoms with van der Waals surface area (Å²) >= 11 is 13.5. The number of sulfone groups is 1. The number of carbonyl (C=O) groups is 2. The Labute approximate surface area is 200 Å². The molecule has 2 aromatic carbocycles. The van der Waals surface area contributed by atoms with Crippen LogP contribution in [0.5, 0.6) is 0 Å². The van der Waals surface area contributed by atoms with Gasteiger partial charge in [0.25, 0.3) is 5.91 Å². The van der Waals surface area contributed by atoms with Gasteiger partial charge in [-0.3, -0.25) is 20.0 Å². The number of nitrogens with zero attached hydrogens (tertiary/aromatic N) is 2. The van der Waals surface area contributed by atoms with Crippen LogP contribution in [0.15, 0.2) is 53.5 Å². The summed E-state index contributed by atoms with van der Waals surface area (Å²) in [6, 6.07) is 13.5. The molecule has 2 fully saturated rings. The Bertz CT molecular complexity index is 1200. The molecule has 2 heterocycles. The Morgan fingerprint density at radius 3 is 2.22 bits per heavy atom. The highest BCUT2D eigenvalue weighted by atomic mass is 35.5. The van der Waals surface area contributed by atoms with Gasteiger partial charge in [-0.15, -0.1) is 0 Å². The Hall–Kier alpha value is -2.07. The van der Waals surface area contributed by atoms with E-state index in [1.807, 2.05) is 0 Å². The van der Waals surface area contributed by atoms with E-state index in [2.05, 4.69) is 10.4 Å². The summed E-state index contributed by atoms with van der Waals surface area (Å²) in [5, 5.41) is 2.31. The molecule has 2 aromatic rings. The molecule has 4 rings (SSSR count). The summed E-state index contributed by atoms with van der Waals surface area (Å²) in [6.45, 7) is 0. The summed E-state index contributed by atoms with van der Waals surface area (Å²) in [5.41, 5.74) is 4.02. The van der Waals surface area contributed by atoms with Crippen molar-refractivity contribution in [1.29, 1.82) is 0 Å². The van der Waals surface area contributed by atoms with Crippen molar-refractivity contribution < 1.29 is 18.0 Å². The van der Waals surface area contributed by atoms with E-state index in [0.717, 1.165) is 0 Å². The second kappa shape index (κ2) is 9.43. The van der Waals surface area contributed by atoms with E-state index in [4.69, 9.17) is 23.2 Å². The maximum absolute atomic E-state index is 12.7. The smallest absolute Gasteiger partial charge is 0.252 e. The summed E-state index contributed by atoms with van der Waals surface area (Å²) in [4.78, 5) is 29.5. The number of benzene rings is 2. The minimum absolute atomic E-state index is 0.00122. The number of hydrogen-bond donors (Lipinski definition) is 1. The topological polar surface area (TPSA) is 95.9 Å². The number of hydrazine groups is 1. The number of carbonyl (C=O) groups excluding carboxylic acids is 2. The van der Waals surface area contributed by atoms with E-state index in [9.17, 15) is 18.0 Å². The fourth-order valence-corrected chi connectivity index (χ4v) is 7.91. The minimum atomic E-state index is -3.24. The fourth-order valence-electron chi connectivity index (χ4n) is 3.63. The molecule has 2 saturated heterocycles. The quantitative estimate of drug-likeness (QED) is 0.662. The zero-order valence-electron chi connectivity index (χ0n) is 16.7. The first kappa shape index (κ1) is 23.1. The summed E-state index contributed by atoms with van der Waals surface area (Å²) in [7, 11) is -3.24. The van der Waals surface area contributed by atoms with Crippen LogP contribution in [0.25, 0.3) is 0 Å². The third-order valence-electron chi connectivity index (χ3n) is 5.14. The first-order chi connectivity index (χ1) is 15.2. The highest BCUT2D eigenvalue weighted by Gasteiger charge is 2.49. The summed E-state index contributed by atoms with van der Waals surface area (Å²) < 4.78 is 24.3. The van der Waals surface area contributed by atoms with Gasteiger partial charge >= 0.3 is 0 Å². The van der Waals surface area contributed by atoms with Crippen LogP contribution in [0.4, 0.5) is 0 Å². The van der Waals surface area contributed by atoms with E-state index >= 15 is 0 Å². The number of amidine groups is 1. The van der Waals surface area contributed by atoms with E-state index in [-0.39, 0.29) is 40.7 Å². The van der Waals surface area contributed by atoms with Gasteiger partial charge < -0.3 is 0 Å². The predicted octanol–water partition coefficient (Wildman–Crippen LogP) is 2.91. The average molecular weight is 512 g/mol. The highest BCUT2D eigenvalue weighted by Crippen LogP contribution is 2.37. The number of rotatable bonds is 5. The molecule has 0 spiro atoms. The highest BCUT2D eigenvalue weighted by molar-refractivity contribution is 8.15. The second-order valence-electron chi connectivity index (χ2n) is 7.53. The van der Waals surface area contributed by atoms with E-state index in [1.165, 1.54) is 16.8 Å². The zero-order valence-corrected chi connectivity index (χ0v) is 19.8. The Balaban J connectivity index is 1.53. The van der Waals surface area contributed by atoms with E-state index in [0.29, 0.717) is 21.2 Å². The number of amides is 2. The molecule has 2 aliphatic rings. The normalized spacial score (nSPS) is 22.7. The van der Waals surface area contributed by atoms with Gasteiger partial charge in [-0.2, -0.15) is 4.99 Å². The number of nitrogens with one attached hydrogen (secondary N) is 1. The van der Waals surface area contributed by atoms with E-state index < -0.39 is 21.8 Å². The van der Waals surface area contributed by atoms with Crippen LogP contribution in [0.2, 0.25) is 10.0 Å². The molecule has 1 N–H and O–H groups in total. The standard InChI is InChI=1S/C21H19Cl2N3O4S2/c22-15-7-3-1-5-13(15)9-19(27)24-21-26(17-11-32(29,30)12-18(17)31-21)25-20(28)10-14-6-2-4-8-16(14)23/h1-8,17-18H,9-12H2,(H,25,28). The molecule has 2 unspecified atom stereocenters. The van der Waals surface area contributed by atoms with Gasteiger partial charge in [0.15, 0.2) is 15.0 Å². The molecule has 0 bridgehead atoms. The monoisotopic (exact) mass is 511 g/mol. The Morgan fingerprint density at radius 2 is 1.59 bits per heavy atom. The number of fused-ring (bicyclic) bond motifs is 1. The lowest BCUT2D eigenvalue weighted by Gasteiger charge is -2.25. The van der Waals surface area contributed by atoms with Crippen LogP contribution in [0.3, 0.4) is 0 Å². The van der Waals surface area contributed by atoms with Gasteiger partial charge in [0.1, 0.15) is 0 Å². The number of aliphatic imine (C=N–C) groups is 1. The minimum Gasteiger partial charge on any atom is -0.273 e. The molecule has 2 amide bonds. The number of hydrogen-bond acceptors (Lipinski definition) is 5. The largest absolute Gasteiger partial charge is 0.273 e. The van der Waals surface area contributed by atoms with Crippen LogP contribution in [-0.2, 0) is 32.3 Å². The van der Waals surface area contributed by atoms with Crippen LogP contribution >= 0.6 is 35.0 Å². The molecule has 32 heavy (non-hydrogen) atoms. The average Bonchev–Trinajstić information content (AvgIpc) is 3.17. The Morgan fingerprint density at radius 1 is 1.00 bits per heavy atom. The van der Waals surface area contributed by atoms with Gasteiger partial charge in [-0.25, -0.2) is 8.42 Å². The van der Waals surface area contributed by atoms with Gasteiger partial charge in [-0.1, -0.05) is 71.4 Å². The maximum Gasteiger partial charge on any atom is 0.252 e. The molecule has 0 aromatic heterocycles. The fraction of sp³-hybridized carbons (Fsp3) is 0.286. The van der Waals surface area contributed by atoms with Crippen LogP contribution in [0.1, 0.15) is 11.1 Å². The van der Waals surface area contributed by atoms with Crippen molar-refractivity contribution in [3.8, 4) is 0 Å². The molecule has 11 heteroatoms. The van der Waals surface area contributed by atoms with Gasteiger partial charge in [0.05, 0.1) is 30.4 Å². The molecule has 2 atom stereocenters. The van der Waals surface area contributed by atoms with Crippen molar-refractivity contribution in [3.63, 3.8) is 0 Å². The van der Waals surface area contributed by atoms with Crippen molar-refractivity contribution in [2.75, 3.05) is 11.5 Å². The van der Waals surface area contributed by atoms with Crippen LogP contribution in [0, 0.1) is 0 Å². The third kappa shape index (κ3) is 5.28. The van der Waals surface area contributed by atoms with Crippen molar-refractivity contribution in [1.82, 2.24) is 10.4 Å². The second-order valence-corrected chi connectivity index (χ2v) is 11.7. The Kier molecular flexibility index (Phi) is 6.80. The molecule has 0 saturated carbocycles. The third-order valence-corrected chi connectivity index (χ3v) is 9.09. The zero-order chi connectivity index (χ0) is 22.9. The van der Waals surface area contributed by atoms with Gasteiger partial charge in [0, 0.05) is 15.3 Å². The van der Waals surface area contributed by atoms with Gasteiger partial charge in [-0.05, 0) is 23.3 Å². The number of thioether (sulfide) groups is 1. The van der Waals surface area contributed by atoms with Gasteiger partial charge in [0.2, 0.25) is 5.91 Å². The predicted molar refractivity (Wildman–Crippen MR) is 127 cm³/mol. The first-order valence-corrected chi connectivity index (χ1v) is 13.2. The van der Waals surface area contributed by atoms with Crippen molar-refractivity contribution in [2.45, 2.75) is 24.1 Å². The molecule has 0 aliphatic carbocycles. The summed E-state index contributed by atoms with van der Waals surface area (Å²) in [6.07, 6.45) is 0.00456. The first-order valence-electron chi connectivity index (χ1n) is 9.76. The lowest BCUT2D eigenvalue weighted by molar-refractivity contribution is -0.124. The lowest BCUT2D eigenvalue weighted by atomic mass is 10.1. The number of halogens is 2.